The van der Waals surface area contributed by atoms with Gasteiger partial charge in [0, 0.05) is 23.7 Å². The minimum absolute atomic E-state index is 0.0518. The second-order valence-electron chi connectivity index (χ2n) is 8.13. The van der Waals surface area contributed by atoms with Crippen LogP contribution >= 0.6 is 11.6 Å². The van der Waals surface area contributed by atoms with Crippen molar-refractivity contribution in [3.63, 3.8) is 0 Å². The van der Waals surface area contributed by atoms with Crippen LogP contribution in [0.15, 0.2) is 70.5 Å². The Morgan fingerprint density at radius 3 is 2.22 bits per heavy atom. The molecule has 1 fully saturated rings. The van der Waals surface area contributed by atoms with Crippen LogP contribution in [-0.2, 0) is 24.8 Å². The number of nitrogens with zero attached hydrogens (tertiary/aromatic N) is 1. The molecule has 0 saturated carbocycles. The van der Waals surface area contributed by atoms with E-state index in [9.17, 15) is 21.6 Å². The third-order valence-electron chi connectivity index (χ3n) is 5.75. The molecule has 1 aliphatic heterocycles. The van der Waals surface area contributed by atoms with Crippen molar-refractivity contribution in [1.29, 1.82) is 0 Å². The fourth-order valence-corrected chi connectivity index (χ4v) is 6.16. The summed E-state index contributed by atoms with van der Waals surface area (Å²) in [6.07, 6.45) is 1.07. The summed E-state index contributed by atoms with van der Waals surface area (Å²) in [6.45, 7) is 2.17. The van der Waals surface area contributed by atoms with Gasteiger partial charge in [0.1, 0.15) is 5.75 Å². The number of rotatable bonds is 8. The molecular formula is C24H24ClN3O6S2. The summed E-state index contributed by atoms with van der Waals surface area (Å²) >= 11 is 6.07. The molecule has 0 radical (unpaired) electrons. The quantitative estimate of drug-likeness (QED) is 0.430. The van der Waals surface area contributed by atoms with Crippen molar-refractivity contribution in [2.75, 3.05) is 28.0 Å². The van der Waals surface area contributed by atoms with Crippen molar-refractivity contribution in [2.24, 2.45) is 0 Å². The Morgan fingerprint density at radius 2 is 1.58 bits per heavy atom. The number of hydrogen-bond acceptors (Lipinski definition) is 6. The first-order valence-corrected chi connectivity index (χ1v) is 14.3. The second kappa shape index (κ2) is 10.00. The Hall–Kier alpha value is -3.28. The van der Waals surface area contributed by atoms with Crippen LogP contribution in [-0.4, -0.2) is 36.4 Å². The molecule has 1 aliphatic rings. The molecule has 12 heteroatoms. The van der Waals surface area contributed by atoms with Gasteiger partial charge in [-0.25, -0.2) is 16.8 Å². The number of carbonyl (C=O) groups is 1. The van der Waals surface area contributed by atoms with Gasteiger partial charge in [0.25, 0.3) is 20.0 Å². The third-order valence-corrected chi connectivity index (χ3v) is 8.92. The van der Waals surface area contributed by atoms with Crippen LogP contribution in [0.5, 0.6) is 5.75 Å². The largest absolute Gasteiger partial charge is 0.495 e. The molecule has 0 unspecified atom stereocenters. The number of amides is 1. The molecule has 3 aromatic carbocycles. The standard InChI is InChI=1S/C24H24ClN3O6S2/c1-16-20(25)5-3-6-21(16)27-35(30,31)18-10-8-17(9-11-18)26-36(32,33)19-12-13-23(34-2)22(15-19)28-14-4-7-24(28)29/h3,5-6,8-13,15,26-27H,4,7,14H2,1-2H3. The van der Waals surface area contributed by atoms with E-state index in [4.69, 9.17) is 16.3 Å². The number of ether oxygens (including phenoxy) is 1. The lowest BCUT2D eigenvalue weighted by Gasteiger charge is -2.20. The topological polar surface area (TPSA) is 122 Å². The molecule has 190 valence electrons. The van der Waals surface area contributed by atoms with Gasteiger partial charge in [-0.1, -0.05) is 17.7 Å². The highest BCUT2D eigenvalue weighted by Gasteiger charge is 2.27. The first-order chi connectivity index (χ1) is 17.0. The number of benzene rings is 3. The third kappa shape index (κ3) is 5.28. The van der Waals surface area contributed by atoms with Crippen molar-refractivity contribution in [3.8, 4) is 5.75 Å². The number of anilines is 3. The second-order valence-corrected chi connectivity index (χ2v) is 11.9. The Bertz CT molecular complexity index is 1520. The molecular weight excluding hydrogens is 526 g/mol. The average molecular weight is 550 g/mol. The summed E-state index contributed by atoms with van der Waals surface area (Å²) in [5.41, 5.74) is 1.48. The molecule has 1 heterocycles. The molecule has 3 aromatic rings. The van der Waals surface area contributed by atoms with Crippen molar-refractivity contribution in [3.05, 3.63) is 71.2 Å². The number of hydrogen-bond donors (Lipinski definition) is 2. The highest BCUT2D eigenvalue weighted by atomic mass is 35.5. The van der Waals surface area contributed by atoms with Gasteiger partial charge in [0.2, 0.25) is 5.91 Å². The first kappa shape index (κ1) is 25.8. The van der Waals surface area contributed by atoms with Crippen molar-refractivity contribution < 1.29 is 26.4 Å². The lowest BCUT2D eigenvalue weighted by atomic mass is 10.2. The van der Waals surface area contributed by atoms with Gasteiger partial charge in [-0.2, -0.15) is 0 Å². The molecule has 0 aliphatic carbocycles. The molecule has 9 nitrogen and oxygen atoms in total. The van der Waals surface area contributed by atoms with Crippen LogP contribution < -0.4 is 19.1 Å². The average Bonchev–Trinajstić information content (AvgIpc) is 3.27. The van der Waals surface area contributed by atoms with Crippen molar-refractivity contribution >= 4 is 54.6 Å². The first-order valence-electron chi connectivity index (χ1n) is 10.9. The maximum absolute atomic E-state index is 13.0. The van der Waals surface area contributed by atoms with Crippen LogP contribution in [0.4, 0.5) is 17.1 Å². The smallest absolute Gasteiger partial charge is 0.261 e. The molecule has 36 heavy (non-hydrogen) atoms. The van der Waals surface area contributed by atoms with Gasteiger partial charge in [-0.05, 0) is 73.5 Å². The molecule has 0 bridgehead atoms. The Balaban J connectivity index is 1.55. The van der Waals surface area contributed by atoms with Crippen LogP contribution in [0.1, 0.15) is 18.4 Å². The summed E-state index contributed by atoms with van der Waals surface area (Å²) in [7, 11) is -6.52. The summed E-state index contributed by atoms with van der Waals surface area (Å²) < 4.78 is 61.9. The fourth-order valence-electron chi connectivity index (χ4n) is 3.79. The van der Waals surface area contributed by atoms with Gasteiger partial charge < -0.3 is 9.64 Å². The SMILES string of the molecule is COc1ccc(S(=O)(=O)Nc2ccc(S(=O)(=O)Nc3cccc(Cl)c3C)cc2)cc1N1CCCC1=O. The monoisotopic (exact) mass is 549 g/mol. The lowest BCUT2D eigenvalue weighted by molar-refractivity contribution is -0.117. The van der Waals surface area contributed by atoms with E-state index in [2.05, 4.69) is 9.44 Å². The zero-order chi connectivity index (χ0) is 26.1. The minimum Gasteiger partial charge on any atom is -0.495 e. The summed E-state index contributed by atoms with van der Waals surface area (Å²) in [5, 5.41) is 0.427. The Labute approximate surface area is 215 Å². The maximum atomic E-state index is 13.0. The van der Waals surface area contributed by atoms with E-state index in [0.29, 0.717) is 47.1 Å². The van der Waals surface area contributed by atoms with E-state index in [-0.39, 0.29) is 21.4 Å². The maximum Gasteiger partial charge on any atom is 0.261 e. The van der Waals surface area contributed by atoms with Crippen LogP contribution in [0.2, 0.25) is 5.02 Å². The van der Waals surface area contributed by atoms with Crippen LogP contribution in [0.3, 0.4) is 0 Å². The van der Waals surface area contributed by atoms with E-state index in [1.165, 1.54) is 54.5 Å². The summed E-state index contributed by atoms with van der Waals surface area (Å²) in [5.74, 6) is 0.287. The van der Waals surface area contributed by atoms with E-state index in [0.717, 1.165) is 0 Å². The van der Waals surface area contributed by atoms with E-state index in [1.807, 2.05) is 0 Å². The van der Waals surface area contributed by atoms with E-state index in [1.54, 1.807) is 25.1 Å². The molecule has 1 amide bonds. The van der Waals surface area contributed by atoms with Gasteiger partial charge in [-0.3, -0.25) is 14.2 Å². The van der Waals surface area contributed by atoms with Gasteiger partial charge in [0.15, 0.2) is 0 Å². The number of methoxy groups -OCH3 is 1. The zero-order valence-corrected chi connectivity index (χ0v) is 21.9. The number of sulfonamides is 2. The predicted octanol–water partition coefficient (Wildman–Crippen LogP) is 4.39. The van der Waals surface area contributed by atoms with Crippen LogP contribution in [0.25, 0.3) is 0 Å². The normalized spacial score (nSPS) is 14.1. The number of halogens is 1. The highest BCUT2D eigenvalue weighted by molar-refractivity contribution is 7.93. The zero-order valence-electron chi connectivity index (χ0n) is 19.5. The molecule has 0 aromatic heterocycles. The fraction of sp³-hybridized carbons (Fsp3) is 0.208. The van der Waals surface area contributed by atoms with Gasteiger partial charge >= 0.3 is 0 Å². The Morgan fingerprint density at radius 1 is 0.917 bits per heavy atom. The van der Waals surface area contributed by atoms with Crippen LogP contribution in [0, 0.1) is 6.92 Å². The number of carbonyl (C=O) groups excluding carboxylic acids is 1. The highest BCUT2D eigenvalue weighted by Crippen LogP contribution is 2.34. The van der Waals surface area contributed by atoms with Crippen molar-refractivity contribution in [2.45, 2.75) is 29.6 Å². The molecule has 0 spiro atoms. The van der Waals surface area contributed by atoms with Crippen molar-refractivity contribution in [1.82, 2.24) is 0 Å². The molecule has 2 N–H and O–H groups in total. The van der Waals surface area contributed by atoms with Gasteiger partial charge in [0.05, 0.1) is 28.3 Å². The predicted molar refractivity (Wildman–Crippen MR) is 139 cm³/mol. The van der Waals surface area contributed by atoms with E-state index >= 15 is 0 Å². The molecule has 1 saturated heterocycles. The summed E-state index contributed by atoms with van der Waals surface area (Å²) in [6, 6.07) is 14.4. The molecule has 4 rings (SSSR count). The number of nitrogens with one attached hydrogen (secondary N) is 2. The van der Waals surface area contributed by atoms with Gasteiger partial charge in [-0.15, -0.1) is 0 Å². The molecule has 0 atom stereocenters. The van der Waals surface area contributed by atoms with E-state index < -0.39 is 20.0 Å². The minimum atomic E-state index is -4.04. The summed E-state index contributed by atoms with van der Waals surface area (Å²) in [4.78, 5) is 13.6. The Kier molecular flexibility index (Phi) is 7.17. The lowest BCUT2D eigenvalue weighted by Crippen LogP contribution is -2.25.